The van der Waals surface area contributed by atoms with E-state index in [0.29, 0.717) is 10.7 Å². The van der Waals surface area contributed by atoms with Gasteiger partial charge in [0.2, 0.25) is 0 Å². The number of anilines is 1. The summed E-state index contributed by atoms with van der Waals surface area (Å²) in [6, 6.07) is 5.49. The maximum Gasteiger partial charge on any atom is 0.129 e. The lowest BCUT2D eigenvalue weighted by atomic mass is 10.2. The molecule has 0 bridgehead atoms. The molecular formula is C11H14ClNSi. The van der Waals surface area contributed by atoms with Crippen molar-refractivity contribution in [2.45, 2.75) is 19.6 Å². The third-order valence-electron chi connectivity index (χ3n) is 1.58. The van der Waals surface area contributed by atoms with E-state index >= 15 is 0 Å². The molecule has 0 aliphatic heterocycles. The summed E-state index contributed by atoms with van der Waals surface area (Å²) in [4.78, 5) is 0. The van der Waals surface area contributed by atoms with Crippen LogP contribution in [-0.4, -0.2) is 8.07 Å². The Hall–Kier alpha value is -0.913. The topological polar surface area (TPSA) is 26.0 Å². The van der Waals surface area contributed by atoms with E-state index in [1.807, 2.05) is 12.1 Å². The molecular weight excluding hydrogens is 210 g/mol. The van der Waals surface area contributed by atoms with Crippen molar-refractivity contribution in [1.82, 2.24) is 0 Å². The van der Waals surface area contributed by atoms with Crippen molar-refractivity contribution in [3.8, 4) is 11.5 Å². The molecule has 3 heteroatoms. The molecule has 0 radical (unpaired) electrons. The van der Waals surface area contributed by atoms with Crippen LogP contribution in [0.4, 0.5) is 5.69 Å². The SMILES string of the molecule is C[Si](C)(C)C#Cc1ccc(N)c(Cl)c1. The van der Waals surface area contributed by atoms with Crippen LogP contribution in [0, 0.1) is 11.5 Å². The Morgan fingerprint density at radius 3 is 2.43 bits per heavy atom. The van der Waals surface area contributed by atoms with Crippen molar-refractivity contribution >= 4 is 25.4 Å². The van der Waals surface area contributed by atoms with Crippen LogP contribution in [0.1, 0.15) is 5.56 Å². The average Bonchev–Trinajstić information content (AvgIpc) is 2.06. The number of hydrogen-bond acceptors (Lipinski definition) is 1. The van der Waals surface area contributed by atoms with Crippen LogP contribution in [-0.2, 0) is 0 Å². The molecule has 0 aliphatic rings. The summed E-state index contributed by atoms with van der Waals surface area (Å²) < 4.78 is 0. The summed E-state index contributed by atoms with van der Waals surface area (Å²) in [6.07, 6.45) is 0. The van der Waals surface area contributed by atoms with Gasteiger partial charge in [-0.05, 0) is 18.2 Å². The minimum Gasteiger partial charge on any atom is -0.398 e. The van der Waals surface area contributed by atoms with Crippen molar-refractivity contribution in [3.63, 3.8) is 0 Å². The fourth-order valence-corrected chi connectivity index (χ4v) is 1.56. The first-order chi connectivity index (χ1) is 6.38. The average molecular weight is 224 g/mol. The molecule has 0 heterocycles. The molecule has 0 atom stereocenters. The van der Waals surface area contributed by atoms with Crippen molar-refractivity contribution in [2.75, 3.05) is 5.73 Å². The number of nitrogen functional groups attached to an aromatic ring is 1. The van der Waals surface area contributed by atoms with E-state index in [-0.39, 0.29) is 0 Å². The molecule has 0 aromatic heterocycles. The smallest absolute Gasteiger partial charge is 0.129 e. The van der Waals surface area contributed by atoms with Crippen molar-refractivity contribution in [1.29, 1.82) is 0 Å². The molecule has 1 nitrogen and oxygen atoms in total. The normalized spacial score (nSPS) is 10.6. The third-order valence-corrected chi connectivity index (χ3v) is 2.78. The zero-order valence-electron chi connectivity index (χ0n) is 8.69. The molecule has 74 valence electrons. The Bertz CT molecular complexity index is 396. The molecule has 0 saturated carbocycles. The minimum absolute atomic E-state index is 0.576. The van der Waals surface area contributed by atoms with E-state index in [0.717, 1.165) is 5.56 Å². The predicted octanol–water partition coefficient (Wildman–Crippen LogP) is 3.15. The Labute approximate surface area is 91.3 Å². The lowest BCUT2D eigenvalue weighted by Gasteiger charge is -2.03. The van der Waals surface area contributed by atoms with Gasteiger partial charge in [0.05, 0.1) is 10.7 Å². The molecule has 1 aromatic rings. The maximum atomic E-state index is 5.88. The molecule has 0 spiro atoms. The summed E-state index contributed by atoms with van der Waals surface area (Å²) in [5.74, 6) is 3.12. The van der Waals surface area contributed by atoms with Crippen molar-refractivity contribution in [3.05, 3.63) is 28.8 Å². The third kappa shape index (κ3) is 3.45. The van der Waals surface area contributed by atoms with E-state index in [1.54, 1.807) is 6.07 Å². The summed E-state index contributed by atoms with van der Waals surface area (Å²) in [5.41, 5.74) is 10.4. The molecule has 0 fully saturated rings. The zero-order chi connectivity index (χ0) is 10.8. The van der Waals surface area contributed by atoms with Crippen molar-refractivity contribution in [2.24, 2.45) is 0 Å². The largest absolute Gasteiger partial charge is 0.398 e. The summed E-state index contributed by atoms with van der Waals surface area (Å²) in [5, 5.41) is 0.576. The number of hydrogen-bond donors (Lipinski definition) is 1. The maximum absolute atomic E-state index is 5.88. The lowest BCUT2D eigenvalue weighted by Crippen LogP contribution is -2.16. The Kier molecular flexibility index (Phi) is 3.25. The second-order valence-electron chi connectivity index (χ2n) is 4.24. The standard InChI is InChI=1S/C11H14ClNSi/c1-14(2,3)7-6-9-4-5-11(13)10(12)8-9/h4-5,8H,13H2,1-3H3. The number of rotatable bonds is 0. The van der Waals surface area contributed by atoms with E-state index < -0.39 is 8.07 Å². The van der Waals surface area contributed by atoms with E-state index in [1.165, 1.54) is 0 Å². The first-order valence-electron chi connectivity index (χ1n) is 4.47. The van der Waals surface area contributed by atoms with Crippen LogP contribution in [0.5, 0.6) is 0 Å². The fourth-order valence-electron chi connectivity index (χ4n) is 0.865. The van der Waals surface area contributed by atoms with Gasteiger partial charge in [-0.1, -0.05) is 37.2 Å². The lowest BCUT2D eigenvalue weighted by molar-refractivity contribution is 1.63. The number of benzene rings is 1. The van der Waals surface area contributed by atoms with E-state index in [9.17, 15) is 0 Å². The van der Waals surface area contributed by atoms with Crippen LogP contribution >= 0.6 is 11.6 Å². The molecule has 14 heavy (non-hydrogen) atoms. The van der Waals surface area contributed by atoms with Gasteiger partial charge >= 0.3 is 0 Å². The zero-order valence-corrected chi connectivity index (χ0v) is 10.4. The predicted molar refractivity (Wildman–Crippen MR) is 66.1 cm³/mol. The highest BCUT2D eigenvalue weighted by Gasteiger charge is 2.07. The van der Waals surface area contributed by atoms with Gasteiger partial charge in [-0.3, -0.25) is 0 Å². The number of nitrogens with two attached hydrogens (primary N) is 1. The van der Waals surface area contributed by atoms with Gasteiger partial charge in [0, 0.05) is 5.56 Å². The van der Waals surface area contributed by atoms with Crippen LogP contribution in [0.25, 0.3) is 0 Å². The molecule has 0 saturated heterocycles. The van der Waals surface area contributed by atoms with Crippen LogP contribution in [0.2, 0.25) is 24.7 Å². The first kappa shape index (κ1) is 11.2. The molecule has 2 N–H and O–H groups in total. The Morgan fingerprint density at radius 1 is 1.29 bits per heavy atom. The van der Waals surface area contributed by atoms with Gasteiger partial charge in [0.25, 0.3) is 0 Å². The quantitative estimate of drug-likeness (QED) is 0.408. The van der Waals surface area contributed by atoms with Crippen LogP contribution in [0.15, 0.2) is 18.2 Å². The van der Waals surface area contributed by atoms with Crippen molar-refractivity contribution < 1.29 is 0 Å². The van der Waals surface area contributed by atoms with Gasteiger partial charge in [-0.2, -0.15) is 0 Å². The van der Waals surface area contributed by atoms with Crippen LogP contribution < -0.4 is 5.73 Å². The van der Waals surface area contributed by atoms with Gasteiger partial charge in [0.15, 0.2) is 0 Å². The second-order valence-corrected chi connectivity index (χ2v) is 9.39. The van der Waals surface area contributed by atoms with Gasteiger partial charge in [0.1, 0.15) is 8.07 Å². The molecule has 0 amide bonds. The monoisotopic (exact) mass is 223 g/mol. The van der Waals surface area contributed by atoms with Gasteiger partial charge < -0.3 is 5.73 Å². The highest BCUT2D eigenvalue weighted by Crippen LogP contribution is 2.19. The summed E-state index contributed by atoms with van der Waals surface area (Å²) >= 11 is 5.88. The van der Waals surface area contributed by atoms with Gasteiger partial charge in [-0.25, -0.2) is 0 Å². The number of halogens is 1. The fraction of sp³-hybridized carbons (Fsp3) is 0.273. The molecule has 0 aliphatic carbocycles. The second kappa shape index (κ2) is 4.08. The van der Waals surface area contributed by atoms with E-state index in [4.69, 9.17) is 17.3 Å². The minimum atomic E-state index is -1.31. The Balaban J connectivity index is 2.98. The first-order valence-corrected chi connectivity index (χ1v) is 8.34. The summed E-state index contributed by atoms with van der Waals surface area (Å²) in [7, 11) is -1.31. The Morgan fingerprint density at radius 2 is 1.93 bits per heavy atom. The molecule has 1 rings (SSSR count). The highest BCUT2D eigenvalue weighted by atomic mass is 35.5. The van der Waals surface area contributed by atoms with Gasteiger partial charge in [-0.15, -0.1) is 5.54 Å². The van der Waals surface area contributed by atoms with Crippen LogP contribution in [0.3, 0.4) is 0 Å². The molecule has 0 unspecified atom stereocenters. The van der Waals surface area contributed by atoms with E-state index in [2.05, 4.69) is 31.1 Å². The molecule has 1 aromatic carbocycles. The highest BCUT2D eigenvalue weighted by molar-refractivity contribution is 6.83. The summed E-state index contributed by atoms with van der Waals surface area (Å²) in [6.45, 7) is 6.62.